The van der Waals surface area contributed by atoms with Gasteiger partial charge >= 0.3 is 0 Å². The minimum absolute atomic E-state index is 0.105. The fourth-order valence-electron chi connectivity index (χ4n) is 4.32. The normalized spacial score (nSPS) is 14.3. The van der Waals surface area contributed by atoms with Gasteiger partial charge < -0.3 is 18.8 Å². The molecule has 1 aliphatic rings. The van der Waals surface area contributed by atoms with Gasteiger partial charge in [-0.15, -0.1) is 10.2 Å². The molecular weight excluding hydrogens is 402 g/mol. The largest absolute Gasteiger partial charge is 0.419 e. The van der Waals surface area contributed by atoms with E-state index >= 15 is 0 Å². The van der Waals surface area contributed by atoms with Crippen molar-refractivity contribution in [2.24, 2.45) is 0 Å². The summed E-state index contributed by atoms with van der Waals surface area (Å²) in [6.45, 7) is 5.42. The topological polar surface area (TPSA) is 67.4 Å². The van der Waals surface area contributed by atoms with E-state index in [0.717, 1.165) is 42.5 Å². The maximum atomic E-state index is 13.3. The van der Waals surface area contributed by atoms with E-state index in [1.165, 1.54) is 5.69 Å². The summed E-state index contributed by atoms with van der Waals surface area (Å²) in [5, 5.41) is 9.48. The summed E-state index contributed by atoms with van der Waals surface area (Å²) < 4.78 is 7.90. The Kier molecular flexibility index (Phi) is 5.62. The molecular formula is C25H27N5O2. The second-order valence-corrected chi connectivity index (χ2v) is 8.13. The van der Waals surface area contributed by atoms with Crippen LogP contribution in [0.15, 0.2) is 65.1 Å². The SMILES string of the molecule is CCCc1nnc(-c2cc3ccccc3n2CC(=O)N2CCN(c3ccccc3)CC2)o1. The molecule has 0 unspecified atom stereocenters. The number of hydrogen-bond donors (Lipinski definition) is 0. The standard InChI is InChI=1S/C25H27N5O2/c1-2-8-23-26-27-25(32-23)22-17-19-9-6-7-12-21(19)30(22)18-24(31)29-15-13-28(14-16-29)20-10-4-3-5-11-20/h3-7,9-12,17H,2,8,13-16,18H2,1H3. The van der Waals surface area contributed by atoms with Crippen molar-refractivity contribution in [3.05, 3.63) is 66.6 Å². The maximum absolute atomic E-state index is 13.3. The highest BCUT2D eigenvalue weighted by atomic mass is 16.4. The molecule has 1 amide bonds. The Hall–Kier alpha value is -3.61. The van der Waals surface area contributed by atoms with Crippen LogP contribution in [0.4, 0.5) is 5.69 Å². The summed E-state index contributed by atoms with van der Waals surface area (Å²) in [4.78, 5) is 17.5. The number of rotatable bonds is 6. The molecule has 5 rings (SSSR count). The van der Waals surface area contributed by atoms with Crippen molar-refractivity contribution in [2.75, 3.05) is 31.1 Å². The quantitative estimate of drug-likeness (QED) is 0.464. The Morgan fingerprint density at radius 2 is 1.72 bits per heavy atom. The molecule has 0 N–H and O–H groups in total. The second kappa shape index (κ2) is 8.86. The van der Waals surface area contributed by atoms with E-state index in [2.05, 4.69) is 46.3 Å². The molecule has 4 aromatic rings. The molecule has 32 heavy (non-hydrogen) atoms. The van der Waals surface area contributed by atoms with Gasteiger partial charge in [0.05, 0.1) is 0 Å². The van der Waals surface area contributed by atoms with E-state index < -0.39 is 0 Å². The maximum Gasteiger partial charge on any atom is 0.264 e. The molecule has 7 heteroatoms. The average Bonchev–Trinajstić information content (AvgIpc) is 3.45. The van der Waals surface area contributed by atoms with Gasteiger partial charge in [-0.3, -0.25) is 4.79 Å². The molecule has 0 radical (unpaired) electrons. The Bertz CT molecular complexity index is 1210. The van der Waals surface area contributed by atoms with Crippen molar-refractivity contribution in [2.45, 2.75) is 26.3 Å². The predicted molar refractivity (Wildman–Crippen MR) is 124 cm³/mol. The van der Waals surface area contributed by atoms with Crippen LogP contribution in [-0.2, 0) is 17.8 Å². The zero-order valence-corrected chi connectivity index (χ0v) is 18.3. The van der Waals surface area contributed by atoms with Crippen molar-refractivity contribution in [3.8, 4) is 11.6 Å². The summed E-state index contributed by atoms with van der Waals surface area (Å²) in [5.41, 5.74) is 2.99. The average molecular weight is 430 g/mol. The highest BCUT2D eigenvalue weighted by Crippen LogP contribution is 2.28. The minimum atomic E-state index is 0.105. The van der Waals surface area contributed by atoms with Crippen LogP contribution in [0, 0.1) is 0 Å². The number of benzene rings is 2. The van der Waals surface area contributed by atoms with Gasteiger partial charge in [0, 0.05) is 49.2 Å². The molecule has 0 saturated carbocycles. The number of fused-ring (bicyclic) bond motifs is 1. The molecule has 1 saturated heterocycles. The third-order valence-corrected chi connectivity index (χ3v) is 6.01. The lowest BCUT2D eigenvalue weighted by atomic mass is 10.2. The number of nitrogens with zero attached hydrogens (tertiary/aromatic N) is 5. The van der Waals surface area contributed by atoms with Crippen molar-refractivity contribution >= 4 is 22.5 Å². The van der Waals surface area contributed by atoms with Gasteiger partial charge in [0.15, 0.2) is 0 Å². The molecule has 0 spiro atoms. The van der Waals surface area contributed by atoms with Crippen molar-refractivity contribution in [3.63, 3.8) is 0 Å². The third kappa shape index (κ3) is 3.98. The number of amides is 1. The summed E-state index contributed by atoms with van der Waals surface area (Å²) in [7, 11) is 0. The number of carbonyl (C=O) groups excluding carboxylic acids is 1. The van der Waals surface area contributed by atoms with Crippen molar-refractivity contribution in [1.82, 2.24) is 19.7 Å². The highest BCUT2D eigenvalue weighted by Gasteiger charge is 2.24. The fraction of sp³-hybridized carbons (Fsp3) is 0.320. The van der Waals surface area contributed by atoms with E-state index in [0.29, 0.717) is 24.9 Å². The molecule has 0 aliphatic carbocycles. The van der Waals surface area contributed by atoms with Crippen LogP contribution in [0.1, 0.15) is 19.2 Å². The molecule has 0 atom stereocenters. The fourth-order valence-corrected chi connectivity index (χ4v) is 4.32. The first-order valence-corrected chi connectivity index (χ1v) is 11.2. The summed E-state index contributed by atoms with van der Waals surface area (Å²) in [6.07, 6.45) is 1.69. The molecule has 3 heterocycles. The zero-order valence-electron chi connectivity index (χ0n) is 18.3. The first-order valence-electron chi connectivity index (χ1n) is 11.2. The Labute approximate surface area is 187 Å². The third-order valence-electron chi connectivity index (χ3n) is 6.01. The lowest BCUT2D eigenvalue weighted by Crippen LogP contribution is -2.49. The summed E-state index contributed by atoms with van der Waals surface area (Å²) in [6, 6.07) is 20.4. The Balaban J connectivity index is 1.36. The highest BCUT2D eigenvalue weighted by molar-refractivity contribution is 5.88. The van der Waals surface area contributed by atoms with Gasteiger partial charge in [0.2, 0.25) is 11.8 Å². The molecule has 164 valence electrons. The smallest absolute Gasteiger partial charge is 0.264 e. The van der Waals surface area contributed by atoms with Crippen LogP contribution < -0.4 is 4.90 Å². The molecule has 2 aromatic heterocycles. The van der Waals surface area contributed by atoms with E-state index in [1.54, 1.807) is 0 Å². The van der Waals surface area contributed by atoms with Crippen LogP contribution in [0.25, 0.3) is 22.5 Å². The number of piperazine rings is 1. The number of anilines is 1. The van der Waals surface area contributed by atoms with Crippen LogP contribution in [0.3, 0.4) is 0 Å². The van der Waals surface area contributed by atoms with Crippen LogP contribution >= 0.6 is 0 Å². The molecule has 2 aromatic carbocycles. The molecule has 7 nitrogen and oxygen atoms in total. The number of aromatic nitrogens is 3. The van der Waals surface area contributed by atoms with Gasteiger partial charge in [-0.05, 0) is 30.7 Å². The molecule has 0 bridgehead atoms. The van der Waals surface area contributed by atoms with Crippen molar-refractivity contribution < 1.29 is 9.21 Å². The second-order valence-electron chi connectivity index (χ2n) is 8.13. The number of aryl methyl sites for hydroxylation is 1. The summed E-state index contributed by atoms with van der Waals surface area (Å²) in [5.74, 6) is 1.20. The van der Waals surface area contributed by atoms with E-state index in [-0.39, 0.29) is 12.5 Å². The molecule has 1 aliphatic heterocycles. The summed E-state index contributed by atoms with van der Waals surface area (Å²) >= 11 is 0. The van der Waals surface area contributed by atoms with E-state index in [1.807, 2.05) is 45.9 Å². The minimum Gasteiger partial charge on any atom is -0.419 e. The molecule has 1 fully saturated rings. The predicted octanol–water partition coefficient (Wildman–Crippen LogP) is 3.99. The van der Waals surface area contributed by atoms with Crippen LogP contribution in [-0.4, -0.2) is 51.8 Å². The van der Waals surface area contributed by atoms with Gasteiger partial charge in [-0.2, -0.15) is 0 Å². The van der Waals surface area contributed by atoms with Gasteiger partial charge in [-0.1, -0.05) is 43.3 Å². The first kappa shape index (κ1) is 20.3. The van der Waals surface area contributed by atoms with Gasteiger partial charge in [0.25, 0.3) is 5.89 Å². The number of carbonyl (C=O) groups is 1. The van der Waals surface area contributed by atoms with Gasteiger partial charge in [0.1, 0.15) is 12.2 Å². The van der Waals surface area contributed by atoms with E-state index in [4.69, 9.17) is 4.42 Å². The van der Waals surface area contributed by atoms with Gasteiger partial charge in [-0.25, -0.2) is 0 Å². The van der Waals surface area contributed by atoms with Crippen LogP contribution in [0.2, 0.25) is 0 Å². The number of hydrogen-bond acceptors (Lipinski definition) is 5. The number of para-hydroxylation sites is 2. The van der Waals surface area contributed by atoms with Crippen LogP contribution in [0.5, 0.6) is 0 Å². The Morgan fingerprint density at radius 3 is 2.50 bits per heavy atom. The van der Waals surface area contributed by atoms with E-state index in [9.17, 15) is 4.79 Å². The zero-order chi connectivity index (χ0) is 21.9. The van der Waals surface area contributed by atoms with Crippen molar-refractivity contribution in [1.29, 1.82) is 0 Å². The first-order chi connectivity index (χ1) is 15.7. The lowest BCUT2D eigenvalue weighted by molar-refractivity contribution is -0.132. The monoisotopic (exact) mass is 429 g/mol. The lowest BCUT2D eigenvalue weighted by Gasteiger charge is -2.36. The Morgan fingerprint density at radius 1 is 0.969 bits per heavy atom.